The lowest BCUT2D eigenvalue weighted by Gasteiger charge is -2.14. The van der Waals surface area contributed by atoms with Crippen molar-refractivity contribution in [3.05, 3.63) is 57.7 Å². The van der Waals surface area contributed by atoms with Crippen molar-refractivity contribution in [2.24, 2.45) is 0 Å². The average Bonchev–Trinajstić information content (AvgIpc) is 3.01. The number of rotatable bonds is 8. The van der Waals surface area contributed by atoms with E-state index in [9.17, 15) is 14.4 Å². The van der Waals surface area contributed by atoms with E-state index in [0.29, 0.717) is 22.9 Å². The second-order valence-corrected chi connectivity index (χ2v) is 7.31. The van der Waals surface area contributed by atoms with Gasteiger partial charge in [0.2, 0.25) is 0 Å². The van der Waals surface area contributed by atoms with Crippen molar-refractivity contribution in [1.82, 2.24) is 5.32 Å². The quantitative estimate of drug-likeness (QED) is 0.342. The summed E-state index contributed by atoms with van der Waals surface area (Å²) in [6.07, 6.45) is 1.47. The molecule has 2 aromatic carbocycles. The van der Waals surface area contributed by atoms with Gasteiger partial charge in [0, 0.05) is 5.02 Å². The van der Waals surface area contributed by atoms with E-state index in [1.807, 2.05) is 0 Å². The summed E-state index contributed by atoms with van der Waals surface area (Å²) >= 11 is 12.2. The normalized spacial score (nSPS) is 14.5. The fourth-order valence-corrected chi connectivity index (χ4v) is 3.33. The van der Waals surface area contributed by atoms with E-state index in [-0.39, 0.29) is 35.4 Å². The molecule has 1 saturated heterocycles. The zero-order chi connectivity index (χ0) is 23.3. The Morgan fingerprint density at radius 1 is 1.06 bits per heavy atom. The first kappa shape index (κ1) is 23.4. The Morgan fingerprint density at radius 3 is 2.44 bits per heavy atom. The maximum Gasteiger partial charge on any atom is 0.344 e. The number of carbonyl (C=O) groups is 3. The number of amides is 3. The molecule has 1 N–H and O–H groups in total. The second-order valence-electron chi connectivity index (χ2n) is 6.46. The number of ether oxygens (including phenoxy) is 3. The van der Waals surface area contributed by atoms with Crippen molar-refractivity contribution < 1.29 is 28.6 Å². The average molecular weight is 479 g/mol. The SMILES string of the molecule is CCOC(=O)COc1c(Cl)cc(/C=C2/NC(=O)N(c3ccc(Cl)cc3)C2=O)cc1OCC. The van der Waals surface area contributed by atoms with Gasteiger partial charge in [-0.3, -0.25) is 4.79 Å². The number of hydrogen-bond acceptors (Lipinski definition) is 6. The highest BCUT2D eigenvalue weighted by molar-refractivity contribution is 6.33. The lowest BCUT2D eigenvalue weighted by Crippen LogP contribution is -2.30. The van der Waals surface area contributed by atoms with E-state index in [4.69, 9.17) is 37.4 Å². The molecule has 0 radical (unpaired) electrons. The summed E-state index contributed by atoms with van der Waals surface area (Å²) in [4.78, 5) is 37.8. The summed E-state index contributed by atoms with van der Waals surface area (Å²) in [5, 5.41) is 3.20. The topological polar surface area (TPSA) is 94.2 Å². The number of halogens is 2. The van der Waals surface area contributed by atoms with Crippen molar-refractivity contribution in [2.45, 2.75) is 13.8 Å². The zero-order valence-corrected chi connectivity index (χ0v) is 18.8. The molecule has 0 unspecified atom stereocenters. The Hall–Kier alpha value is -3.23. The first-order chi connectivity index (χ1) is 15.3. The highest BCUT2D eigenvalue weighted by Gasteiger charge is 2.34. The third kappa shape index (κ3) is 5.33. The van der Waals surface area contributed by atoms with Gasteiger partial charge in [0.05, 0.1) is 23.9 Å². The van der Waals surface area contributed by atoms with Crippen LogP contribution in [0.4, 0.5) is 10.5 Å². The summed E-state index contributed by atoms with van der Waals surface area (Å²) in [5.41, 5.74) is 0.934. The molecular weight excluding hydrogens is 459 g/mol. The molecule has 0 spiro atoms. The number of nitrogens with one attached hydrogen (secondary N) is 1. The van der Waals surface area contributed by atoms with E-state index < -0.39 is 17.9 Å². The summed E-state index contributed by atoms with van der Waals surface area (Å²) in [6.45, 7) is 3.67. The van der Waals surface area contributed by atoms with Gasteiger partial charge in [-0.25, -0.2) is 14.5 Å². The highest BCUT2D eigenvalue weighted by Crippen LogP contribution is 2.37. The van der Waals surface area contributed by atoms with Crippen molar-refractivity contribution in [3.8, 4) is 11.5 Å². The van der Waals surface area contributed by atoms with Gasteiger partial charge in [0.25, 0.3) is 5.91 Å². The molecule has 0 atom stereocenters. The van der Waals surface area contributed by atoms with Crippen LogP contribution >= 0.6 is 23.2 Å². The van der Waals surface area contributed by atoms with Crippen LogP contribution in [0.2, 0.25) is 10.0 Å². The Balaban J connectivity index is 1.87. The Morgan fingerprint density at radius 2 is 1.78 bits per heavy atom. The fraction of sp³-hybridized carbons (Fsp3) is 0.227. The van der Waals surface area contributed by atoms with Gasteiger partial charge in [-0.05, 0) is 61.9 Å². The van der Waals surface area contributed by atoms with Gasteiger partial charge in [-0.1, -0.05) is 23.2 Å². The van der Waals surface area contributed by atoms with Crippen molar-refractivity contribution in [1.29, 1.82) is 0 Å². The molecule has 0 saturated carbocycles. The molecular formula is C22H20Cl2N2O6. The minimum Gasteiger partial charge on any atom is -0.490 e. The Kier molecular flexibility index (Phi) is 7.61. The van der Waals surface area contributed by atoms with Crippen LogP contribution in [0.5, 0.6) is 11.5 Å². The largest absolute Gasteiger partial charge is 0.490 e. The molecule has 1 heterocycles. The highest BCUT2D eigenvalue weighted by atomic mass is 35.5. The molecule has 1 aliphatic heterocycles. The summed E-state index contributed by atoms with van der Waals surface area (Å²) < 4.78 is 15.9. The van der Waals surface area contributed by atoms with E-state index in [1.165, 1.54) is 12.1 Å². The molecule has 0 bridgehead atoms. The van der Waals surface area contributed by atoms with Crippen molar-refractivity contribution in [3.63, 3.8) is 0 Å². The molecule has 168 valence electrons. The van der Waals surface area contributed by atoms with E-state index >= 15 is 0 Å². The number of hydrogen-bond donors (Lipinski definition) is 1. The van der Waals surface area contributed by atoms with Gasteiger partial charge in [-0.15, -0.1) is 0 Å². The maximum atomic E-state index is 12.8. The van der Waals surface area contributed by atoms with Crippen LogP contribution in [0.1, 0.15) is 19.4 Å². The number of anilines is 1. The summed E-state index contributed by atoms with van der Waals surface area (Å²) in [6, 6.07) is 8.85. The monoisotopic (exact) mass is 478 g/mol. The van der Waals surface area contributed by atoms with Gasteiger partial charge in [0.1, 0.15) is 5.70 Å². The standard InChI is InChI=1S/C22H20Cl2N2O6/c1-3-30-18-11-13(9-16(24)20(18)32-12-19(27)31-4-2)10-17-21(28)26(22(29)25-17)15-7-5-14(23)6-8-15/h5-11H,3-4,12H2,1-2H3,(H,25,29)/b17-10+. The first-order valence-electron chi connectivity index (χ1n) is 9.71. The van der Waals surface area contributed by atoms with Crippen LogP contribution in [-0.4, -0.2) is 37.7 Å². The van der Waals surface area contributed by atoms with E-state index in [2.05, 4.69) is 5.32 Å². The molecule has 1 aliphatic rings. The molecule has 10 heteroatoms. The van der Waals surface area contributed by atoms with Crippen LogP contribution in [0.15, 0.2) is 42.1 Å². The molecule has 2 aromatic rings. The zero-order valence-electron chi connectivity index (χ0n) is 17.3. The Bertz CT molecular complexity index is 1070. The number of esters is 1. The minimum absolute atomic E-state index is 0.0589. The Labute approximate surface area is 194 Å². The van der Waals surface area contributed by atoms with Crippen molar-refractivity contribution in [2.75, 3.05) is 24.7 Å². The number of urea groups is 1. The maximum absolute atomic E-state index is 12.8. The number of imide groups is 1. The molecule has 0 aromatic heterocycles. The predicted octanol–water partition coefficient (Wildman–Crippen LogP) is 4.43. The van der Waals surface area contributed by atoms with E-state index in [1.54, 1.807) is 44.2 Å². The van der Waals surface area contributed by atoms with Crippen molar-refractivity contribution >= 4 is 52.9 Å². The minimum atomic E-state index is -0.589. The van der Waals surface area contributed by atoms with E-state index in [0.717, 1.165) is 4.90 Å². The summed E-state index contributed by atoms with van der Waals surface area (Å²) in [5.74, 6) is -0.622. The molecule has 0 aliphatic carbocycles. The fourth-order valence-electron chi connectivity index (χ4n) is 2.93. The van der Waals surface area contributed by atoms with Crippen LogP contribution in [0.3, 0.4) is 0 Å². The van der Waals surface area contributed by atoms with Gasteiger partial charge < -0.3 is 19.5 Å². The van der Waals surface area contributed by atoms with Gasteiger partial charge in [-0.2, -0.15) is 0 Å². The summed E-state index contributed by atoms with van der Waals surface area (Å²) in [7, 11) is 0. The molecule has 32 heavy (non-hydrogen) atoms. The van der Waals surface area contributed by atoms with Gasteiger partial charge in [0.15, 0.2) is 18.1 Å². The molecule has 3 rings (SSSR count). The molecule has 3 amide bonds. The predicted molar refractivity (Wildman–Crippen MR) is 120 cm³/mol. The lowest BCUT2D eigenvalue weighted by atomic mass is 10.1. The second kappa shape index (κ2) is 10.4. The third-order valence-corrected chi connectivity index (χ3v) is 4.78. The van der Waals surface area contributed by atoms with Crippen LogP contribution in [0.25, 0.3) is 6.08 Å². The number of benzene rings is 2. The van der Waals surface area contributed by atoms with Gasteiger partial charge >= 0.3 is 12.0 Å². The first-order valence-corrected chi connectivity index (χ1v) is 10.5. The third-order valence-electron chi connectivity index (χ3n) is 4.25. The molecule has 1 fully saturated rings. The van der Waals surface area contributed by atoms with Crippen LogP contribution in [0, 0.1) is 0 Å². The lowest BCUT2D eigenvalue weighted by molar-refractivity contribution is -0.145. The number of carbonyl (C=O) groups excluding carboxylic acids is 3. The van der Waals surface area contributed by atoms with Crippen LogP contribution < -0.4 is 19.7 Å². The molecule has 8 nitrogen and oxygen atoms in total. The smallest absolute Gasteiger partial charge is 0.344 e. The van der Waals surface area contributed by atoms with Crippen LogP contribution in [-0.2, 0) is 14.3 Å². The number of nitrogens with zero attached hydrogens (tertiary/aromatic N) is 1.